The minimum Gasteiger partial charge on any atom is -0.339 e. The lowest BCUT2D eigenvalue weighted by molar-refractivity contribution is -0.136. The van der Waals surface area contributed by atoms with Gasteiger partial charge in [0.25, 0.3) is 0 Å². The summed E-state index contributed by atoms with van der Waals surface area (Å²) in [5.41, 5.74) is 3.19. The molecule has 1 N–H and O–H groups in total. The number of aryl methyl sites for hydroxylation is 1. The fourth-order valence-electron chi connectivity index (χ4n) is 4.42. The average Bonchev–Trinajstić information content (AvgIpc) is 2.72. The Hall–Kier alpha value is -1.92. The molecule has 160 valence electrons. The van der Waals surface area contributed by atoms with Crippen LogP contribution in [-0.2, 0) is 9.59 Å². The topological polar surface area (TPSA) is 55.9 Å². The van der Waals surface area contributed by atoms with Crippen LogP contribution in [0.25, 0.3) is 0 Å². The van der Waals surface area contributed by atoms with Crippen molar-refractivity contribution >= 4 is 17.5 Å². The predicted molar refractivity (Wildman–Crippen MR) is 117 cm³/mol. The van der Waals surface area contributed by atoms with E-state index in [2.05, 4.69) is 39.9 Å². The normalized spacial score (nSPS) is 21.2. The van der Waals surface area contributed by atoms with Crippen molar-refractivity contribution in [3.8, 4) is 0 Å². The van der Waals surface area contributed by atoms with Crippen molar-refractivity contribution in [1.82, 2.24) is 14.7 Å². The first-order valence-electron chi connectivity index (χ1n) is 11.1. The van der Waals surface area contributed by atoms with E-state index in [1.54, 1.807) is 0 Å². The van der Waals surface area contributed by atoms with E-state index in [1.165, 1.54) is 12.0 Å². The molecule has 0 unspecified atom stereocenters. The molecule has 0 radical (unpaired) electrons. The molecule has 3 rings (SSSR count). The number of hydrogen-bond acceptors (Lipinski definition) is 4. The number of anilines is 1. The number of benzene rings is 1. The summed E-state index contributed by atoms with van der Waals surface area (Å²) in [5.74, 6) is 0.306. The maximum Gasteiger partial charge on any atom is 0.238 e. The van der Waals surface area contributed by atoms with E-state index in [9.17, 15) is 9.59 Å². The second kappa shape index (κ2) is 10.2. The summed E-state index contributed by atoms with van der Waals surface area (Å²) < 4.78 is 0. The third-order valence-electron chi connectivity index (χ3n) is 6.49. The average molecular weight is 401 g/mol. The van der Waals surface area contributed by atoms with Gasteiger partial charge in [-0.15, -0.1) is 0 Å². The molecule has 1 aromatic carbocycles. The van der Waals surface area contributed by atoms with Gasteiger partial charge < -0.3 is 10.2 Å². The number of rotatable bonds is 6. The lowest BCUT2D eigenvalue weighted by atomic mass is 10.00. The highest BCUT2D eigenvalue weighted by molar-refractivity contribution is 5.93. The Morgan fingerprint density at radius 3 is 2.38 bits per heavy atom. The smallest absolute Gasteiger partial charge is 0.238 e. The molecule has 2 saturated heterocycles. The van der Waals surface area contributed by atoms with Gasteiger partial charge in [0, 0.05) is 44.5 Å². The van der Waals surface area contributed by atoms with Gasteiger partial charge in [0.15, 0.2) is 0 Å². The maximum absolute atomic E-state index is 12.8. The van der Waals surface area contributed by atoms with Crippen molar-refractivity contribution < 1.29 is 9.59 Å². The summed E-state index contributed by atoms with van der Waals surface area (Å²) in [5, 5.41) is 3.04. The summed E-state index contributed by atoms with van der Waals surface area (Å²) in [6, 6.07) is 6.40. The molecule has 6 nitrogen and oxygen atoms in total. The number of nitrogens with one attached hydrogen (secondary N) is 1. The van der Waals surface area contributed by atoms with Crippen molar-refractivity contribution in [2.75, 3.05) is 51.1 Å². The Balaban J connectivity index is 1.42. The molecule has 6 heteroatoms. The molecule has 2 heterocycles. The highest BCUT2D eigenvalue weighted by Crippen LogP contribution is 2.20. The molecule has 1 atom stereocenters. The monoisotopic (exact) mass is 400 g/mol. The minimum absolute atomic E-state index is 0.0299. The molecular formula is C23H36N4O2. The van der Waals surface area contributed by atoms with E-state index in [4.69, 9.17) is 0 Å². The number of piperazine rings is 1. The summed E-state index contributed by atoms with van der Waals surface area (Å²) in [6.07, 6.45) is 4.57. The lowest BCUT2D eigenvalue weighted by Gasteiger charge is -2.38. The van der Waals surface area contributed by atoms with E-state index in [1.807, 2.05) is 19.1 Å². The minimum atomic E-state index is 0.0299. The quantitative estimate of drug-likeness (QED) is 0.798. The molecule has 2 aliphatic heterocycles. The van der Waals surface area contributed by atoms with Gasteiger partial charge in [0.2, 0.25) is 11.8 Å². The lowest BCUT2D eigenvalue weighted by Crippen LogP contribution is -2.53. The van der Waals surface area contributed by atoms with Crippen LogP contribution in [0.1, 0.15) is 43.7 Å². The standard InChI is InChI=1S/C23H36N4O2/c1-4-20-9-5-6-11-27(20)23(29)17-26-14-12-25(13-15-26)16-22(28)24-21-10-7-8-18(2)19(21)3/h7-8,10,20H,4-6,9,11-17H2,1-3H3,(H,24,28)/t20-/m0/s1. The Labute approximate surface area is 175 Å². The van der Waals surface area contributed by atoms with Crippen molar-refractivity contribution in [3.05, 3.63) is 29.3 Å². The van der Waals surface area contributed by atoms with Crippen molar-refractivity contribution in [3.63, 3.8) is 0 Å². The SMILES string of the molecule is CC[C@H]1CCCCN1C(=O)CN1CCN(CC(=O)Nc2cccc(C)c2C)CC1. The molecule has 2 aliphatic rings. The molecule has 0 saturated carbocycles. The molecule has 29 heavy (non-hydrogen) atoms. The first kappa shape index (κ1) is 21.8. The number of likely N-dealkylation sites (tertiary alicyclic amines) is 1. The van der Waals surface area contributed by atoms with Gasteiger partial charge in [-0.25, -0.2) is 0 Å². The Bertz CT molecular complexity index is 713. The summed E-state index contributed by atoms with van der Waals surface area (Å²) in [6.45, 7) is 11.4. The van der Waals surface area contributed by atoms with Gasteiger partial charge in [-0.1, -0.05) is 19.1 Å². The fraction of sp³-hybridized carbons (Fsp3) is 0.652. The van der Waals surface area contributed by atoms with Crippen LogP contribution in [-0.4, -0.2) is 78.4 Å². The van der Waals surface area contributed by atoms with Crippen LogP contribution < -0.4 is 5.32 Å². The van der Waals surface area contributed by atoms with E-state index in [0.717, 1.165) is 63.2 Å². The van der Waals surface area contributed by atoms with E-state index in [0.29, 0.717) is 19.1 Å². The van der Waals surface area contributed by atoms with Crippen LogP contribution in [0.15, 0.2) is 18.2 Å². The van der Waals surface area contributed by atoms with Gasteiger partial charge in [-0.3, -0.25) is 19.4 Å². The van der Waals surface area contributed by atoms with E-state index in [-0.39, 0.29) is 11.8 Å². The highest BCUT2D eigenvalue weighted by Gasteiger charge is 2.28. The molecule has 0 aliphatic carbocycles. The fourth-order valence-corrected chi connectivity index (χ4v) is 4.42. The Kier molecular flexibility index (Phi) is 7.67. The number of carbonyl (C=O) groups excluding carboxylic acids is 2. The zero-order chi connectivity index (χ0) is 20.8. The van der Waals surface area contributed by atoms with Crippen molar-refractivity contribution in [2.24, 2.45) is 0 Å². The number of carbonyl (C=O) groups is 2. The highest BCUT2D eigenvalue weighted by atomic mass is 16.2. The second-order valence-corrected chi connectivity index (χ2v) is 8.49. The van der Waals surface area contributed by atoms with Gasteiger partial charge in [-0.2, -0.15) is 0 Å². The largest absolute Gasteiger partial charge is 0.339 e. The third kappa shape index (κ3) is 5.80. The maximum atomic E-state index is 12.8. The zero-order valence-corrected chi connectivity index (χ0v) is 18.2. The Morgan fingerprint density at radius 1 is 1.00 bits per heavy atom. The first-order valence-corrected chi connectivity index (χ1v) is 11.1. The van der Waals surface area contributed by atoms with Crippen molar-refractivity contribution in [1.29, 1.82) is 0 Å². The van der Waals surface area contributed by atoms with Crippen LogP contribution in [0.4, 0.5) is 5.69 Å². The molecule has 2 fully saturated rings. The Morgan fingerprint density at radius 2 is 1.69 bits per heavy atom. The molecule has 2 amide bonds. The molecule has 0 spiro atoms. The van der Waals surface area contributed by atoms with Crippen molar-refractivity contribution in [2.45, 2.75) is 52.5 Å². The molecule has 0 bridgehead atoms. The van der Waals surface area contributed by atoms with Gasteiger partial charge in [0.1, 0.15) is 0 Å². The van der Waals surface area contributed by atoms with Crippen LogP contribution in [0.3, 0.4) is 0 Å². The molecule has 1 aromatic rings. The first-order chi connectivity index (χ1) is 14.0. The zero-order valence-electron chi connectivity index (χ0n) is 18.2. The van der Waals surface area contributed by atoms with E-state index >= 15 is 0 Å². The summed E-state index contributed by atoms with van der Waals surface area (Å²) in [4.78, 5) is 31.7. The number of nitrogens with zero attached hydrogens (tertiary/aromatic N) is 3. The van der Waals surface area contributed by atoms with Gasteiger partial charge in [-0.05, 0) is 56.7 Å². The summed E-state index contributed by atoms with van der Waals surface area (Å²) >= 11 is 0. The van der Waals surface area contributed by atoms with Crippen LogP contribution >= 0.6 is 0 Å². The number of hydrogen-bond donors (Lipinski definition) is 1. The van der Waals surface area contributed by atoms with Crippen LogP contribution in [0.5, 0.6) is 0 Å². The number of piperidine rings is 1. The van der Waals surface area contributed by atoms with Gasteiger partial charge >= 0.3 is 0 Å². The third-order valence-corrected chi connectivity index (χ3v) is 6.49. The summed E-state index contributed by atoms with van der Waals surface area (Å²) in [7, 11) is 0. The van der Waals surface area contributed by atoms with Crippen LogP contribution in [0, 0.1) is 13.8 Å². The number of amides is 2. The van der Waals surface area contributed by atoms with E-state index < -0.39 is 0 Å². The van der Waals surface area contributed by atoms with Crippen LogP contribution in [0.2, 0.25) is 0 Å². The molecular weight excluding hydrogens is 364 g/mol. The molecule has 0 aromatic heterocycles. The van der Waals surface area contributed by atoms with Gasteiger partial charge in [0.05, 0.1) is 13.1 Å². The predicted octanol–water partition coefficient (Wildman–Crippen LogP) is 2.65. The second-order valence-electron chi connectivity index (χ2n) is 8.49.